The van der Waals surface area contributed by atoms with E-state index in [-0.39, 0.29) is 0 Å². The van der Waals surface area contributed by atoms with Crippen molar-refractivity contribution in [2.45, 2.75) is 84.2 Å². The lowest BCUT2D eigenvalue weighted by molar-refractivity contribution is 0.127. The molecule has 0 amide bonds. The van der Waals surface area contributed by atoms with Gasteiger partial charge in [0, 0.05) is 25.2 Å². The Morgan fingerprint density at radius 1 is 0.950 bits per heavy atom. The molecule has 0 aromatic carbocycles. The summed E-state index contributed by atoms with van der Waals surface area (Å²) in [6.45, 7) is 9.65. The standard InChI is InChI=1S/C18H36N2/c1-18(2,3)16-11-7-8-12-17(16)19-13-14-20(4)15-9-5-6-10-15/h15-17,19H,5-14H2,1-4H3. The fraction of sp³-hybridized carbons (Fsp3) is 1.00. The third-order valence-corrected chi connectivity index (χ3v) is 5.70. The van der Waals surface area contributed by atoms with Crippen LogP contribution in [0.5, 0.6) is 0 Å². The minimum Gasteiger partial charge on any atom is -0.312 e. The molecule has 0 saturated heterocycles. The van der Waals surface area contributed by atoms with Crippen LogP contribution in [-0.4, -0.2) is 37.1 Å². The molecule has 2 heteroatoms. The molecule has 0 aliphatic heterocycles. The van der Waals surface area contributed by atoms with Gasteiger partial charge in [-0.05, 0) is 44.1 Å². The molecular formula is C18H36N2. The first kappa shape index (κ1) is 16.3. The lowest BCUT2D eigenvalue weighted by atomic mass is 9.69. The van der Waals surface area contributed by atoms with Crippen LogP contribution in [0.1, 0.15) is 72.1 Å². The van der Waals surface area contributed by atoms with Crippen LogP contribution in [0.4, 0.5) is 0 Å². The first-order valence-corrected chi connectivity index (χ1v) is 8.92. The van der Waals surface area contributed by atoms with Crippen LogP contribution in [0.15, 0.2) is 0 Å². The average molecular weight is 280 g/mol. The molecule has 2 aliphatic carbocycles. The van der Waals surface area contributed by atoms with Crippen molar-refractivity contribution in [1.82, 2.24) is 10.2 Å². The highest BCUT2D eigenvalue weighted by atomic mass is 15.1. The quantitative estimate of drug-likeness (QED) is 0.817. The first-order valence-electron chi connectivity index (χ1n) is 8.92. The summed E-state index contributed by atoms with van der Waals surface area (Å²) >= 11 is 0. The number of likely N-dealkylation sites (N-methyl/N-ethyl adjacent to an activating group) is 1. The van der Waals surface area contributed by atoms with Gasteiger partial charge in [0.2, 0.25) is 0 Å². The van der Waals surface area contributed by atoms with E-state index in [4.69, 9.17) is 0 Å². The van der Waals surface area contributed by atoms with E-state index in [1.807, 2.05) is 0 Å². The maximum Gasteiger partial charge on any atom is 0.0107 e. The Balaban J connectivity index is 1.73. The van der Waals surface area contributed by atoms with Crippen LogP contribution in [0, 0.1) is 11.3 Å². The Labute approximate surface area is 126 Å². The molecule has 0 spiro atoms. The van der Waals surface area contributed by atoms with E-state index >= 15 is 0 Å². The first-order chi connectivity index (χ1) is 9.48. The van der Waals surface area contributed by atoms with Gasteiger partial charge in [-0.2, -0.15) is 0 Å². The minimum atomic E-state index is 0.454. The fourth-order valence-corrected chi connectivity index (χ4v) is 4.37. The van der Waals surface area contributed by atoms with Crippen LogP contribution in [-0.2, 0) is 0 Å². The van der Waals surface area contributed by atoms with Gasteiger partial charge in [-0.3, -0.25) is 0 Å². The molecule has 0 bridgehead atoms. The van der Waals surface area contributed by atoms with Gasteiger partial charge in [-0.1, -0.05) is 46.5 Å². The molecule has 2 rings (SSSR count). The number of nitrogens with one attached hydrogen (secondary N) is 1. The molecule has 2 aliphatic rings. The van der Waals surface area contributed by atoms with Gasteiger partial charge in [-0.15, -0.1) is 0 Å². The van der Waals surface area contributed by atoms with Crippen LogP contribution >= 0.6 is 0 Å². The highest BCUT2D eigenvalue weighted by molar-refractivity contribution is 4.88. The van der Waals surface area contributed by atoms with Crippen molar-refractivity contribution in [3.63, 3.8) is 0 Å². The number of hydrogen-bond donors (Lipinski definition) is 1. The van der Waals surface area contributed by atoms with Crippen molar-refractivity contribution in [2.75, 3.05) is 20.1 Å². The van der Waals surface area contributed by atoms with Crippen molar-refractivity contribution in [3.05, 3.63) is 0 Å². The van der Waals surface area contributed by atoms with Crippen molar-refractivity contribution in [3.8, 4) is 0 Å². The second kappa shape index (κ2) is 7.26. The van der Waals surface area contributed by atoms with E-state index in [1.165, 1.54) is 64.5 Å². The zero-order chi connectivity index (χ0) is 14.6. The zero-order valence-electron chi connectivity index (χ0n) is 14.3. The molecule has 2 atom stereocenters. The maximum atomic E-state index is 3.89. The Kier molecular flexibility index (Phi) is 5.92. The fourth-order valence-electron chi connectivity index (χ4n) is 4.37. The molecule has 2 unspecified atom stereocenters. The summed E-state index contributed by atoms with van der Waals surface area (Å²) in [5.41, 5.74) is 0.454. The summed E-state index contributed by atoms with van der Waals surface area (Å²) in [6, 6.07) is 1.61. The number of nitrogens with zero attached hydrogens (tertiary/aromatic N) is 1. The maximum absolute atomic E-state index is 3.89. The van der Waals surface area contributed by atoms with Gasteiger partial charge >= 0.3 is 0 Å². The van der Waals surface area contributed by atoms with Crippen LogP contribution in [0.2, 0.25) is 0 Å². The predicted molar refractivity (Wildman–Crippen MR) is 88.1 cm³/mol. The highest BCUT2D eigenvalue weighted by Gasteiger charge is 2.33. The molecule has 0 aromatic heterocycles. The second-order valence-electron chi connectivity index (χ2n) is 8.24. The zero-order valence-corrected chi connectivity index (χ0v) is 14.3. The van der Waals surface area contributed by atoms with E-state index in [0.29, 0.717) is 5.41 Å². The smallest absolute Gasteiger partial charge is 0.0107 e. The summed E-state index contributed by atoms with van der Waals surface area (Å²) in [6.07, 6.45) is 11.4. The number of rotatable bonds is 5. The Morgan fingerprint density at radius 3 is 2.20 bits per heavy atom. The van der Waals surface area contributed by atoms with Gasteiger partial charge in [0.1, 0.15) is 0 Å². The molecule has 2 nitrogen and oxygen atoms in total. The summed E-state index contributed by atoms with van der Waals surface area (Å²) in [4.78, 5) is 2.59. The SMILES string of the molecule is CN(CCNC1CCCCC1C(C)(C)C)C1CCCC1. The van der Waals surface area contributed by atoms with E-state index in [1.54, 1.807) is 0 Å². The third-order valence-electron chi connectivity index (χ3n) is 5.70. The normalized spacial score (nSPS) is 29.2. The number of hydrogen-bond acceptors (Lipinski definition) is 2. The molecular weight excluding hydrogens is 244 g/mol. The molecule has 2 fully saturated rings. The van der Waals surface area contributed by atoms with Crippen molar-refractivity contribution in [1.29, 1.82) is 0 Å². The van der Waals surface area contributed by atoms with Crippen LogP contribution < -0.4 is 5.32 Å². The summed E-state index contributed by atoms with van der Waals surface area (Å²) < 4.78 is 0. The van der Waals surface area contributed by atoms with Gasteiger partial charge in [0.15, 0.2) is 0 Å². The van der Waals surface area contributed by atoms with E-state index in [0.717, 1.165) is 18.0 Å². The van der Waals surface area contributed by atoms with E-state index in [2.05, 4.69) is 38.0 Å². The third kappa shape index (κ3) is 4.46. The molecule has 2 saturated carbocycles. The summed E-state index contributed by atoms with van der Waals surface area (Å²) in [5.74, 6) is 0.855. The predicted octanol–water partition coefficient (Wildman–Crippen LogP) is 4.06. The lowest BCUT2D eigenvalue weighted by Gasteiger charge is -2.41. The molecule has 118 valence electrons. The Hall–Kier alpha value is -0.0800. The average Bonchev–Trinajstić information content (AvgIpc) is 2.92. The van der Waals surface area contributed by atoms with E-state index < -0.39 is 0 Å². The van der Waals surface area contributed by atoms with Gasteiger partial charge in [0.25, 0.3) is 0 Å². The Morgan fingerprint density at radius 2 is 1.55 bits per heavy atom. The second-order valence-corrected chi connectivity index (χ2v) is 8.24. The van der Waals surface area contributed by atoms with Gasteiger partial charge in [0.05, 0.1) is 0 Å². The van der Waals surface area contributed by atoms with Gasteiger partial charge < -0.3 is 10.2 Å². The topological polar surface area (TPSA) is 15.3 Å². The Bertz CT molecular complexity index is 276. The molecule has 0 radical (unpaired) electrons. The van der Waals surface area contributed by atoms with Crippen molar-refractivity contribution < 1.29 is 0 Å². The summed E-state index contributed by atoms with van der Waals surface area (Å²) in [5, 5.41) is 3.89. The highest BCUT2D eigenvalue weighted by Crippen LogP contribution is 2.37. The van der Waals surface area contributed by atoms with Crippen LogP contribution in [0.3, 0.4) is 0 Å². The molecule has 0 aromatic rings. The van der Waals surface area contributed by atoms with Gasteiger partial charge in [-0.25, -0.2) is 0 Å². The molecule has 20 heavy (non-hydrogen) atoms. The lowest BCUT2D eigenvalue weighted by Crippen LogP contribution is -2.47. The largest absolute Gasteiger partial charge is 0.312 e. The van der Waals surface area contributed by atoms with Crippen molar-refractivity contribution in [2.24, 2.45) is 11.3 Å². The van der Waals surface area contributed by atoms with Crippen molar-refractivity contribution >= 4 is 0 Å². The van der Waals surface area contributed by atoms with Crippen LogP contribution in [0.25, 0.3) is 0 Å². The minimum absolute atomic E-state index is 0.454. The monoisotopic (exact) mass is 280 g/mol. The molecule has 0 heterocycles. The summed E-state index contributed by atoms with van der Waals surface area (Å²) in [7, 11) is 2.32. The molecule has 1 N–H and O–H groups in total. The van der Waals surface area contributed by atoms with E-state index in [9.17, 15) is 0 Å².